The Morgan fingerprint density at radius 1 is 1.60 bits per heavy atom. The lowest BCUT2D eigenvalue weighted by Crippen LogP contribution is -2.14. The standard InChI is InChI=1S/C11H15N3O/c1-2-6-15-14-11-8-12-7-10-9(11)4-3-5-13-10/h2,7-8,13-14H,1,3-6H2. The number of rotatable bonds is 4. The SMILES string of the molecule is C=CCONc1cncc2c1CCCN2. The molecule has 0 spiro atoms. The highest BCUT2D eigenvalue weighted by molar-refractivity contribution is 5.64. The Kier molecular flexibility index (Phi) is 3.19. The molecule has 2 heterocycles. The van der Waals surface area contributed by atoms with Crippen molar-refractivity contribution < 1.29 is 4.84 Å². The van der Waals surface area contributed by atoms with Crippen molar-refractivity contribution in [3.63, 3.8) is 0 Å². The van der Waals surface area contributed by atoms with Crippen molar-refractivity contribution in [1.29, 1.82) is 0 Å². The van der Waals surface area contributed by atoms with Gasteiger partial charge in [0.1, 0.15) is 0 Å². The van der Waals surface area contributed by atoms with Gasteiger partial charge in [0.15, 0.2) is 0 Å². The van der Waals surface area contributed by atoms with Gasteiger partial charge in [-0.3, -0.25) is 15.3 Å². The summed E-state index contributed by atoms with van der Waals surface area (Å²) in [6.45, 7) is 5.09. The fraction of sp³-hybridized carbons (Fsp3) is 0.364. The van der Waals surface area contributed by atoms with Gasteiger partial charge in [-0.05, 0) is 12.8 Å². The van der Waals surface area contributed by atoms with Crippen molar-refractivity contribution in [2.45, 2.75) is 12.8 Å². The summed E-state index contributed by atoms with van der Waals surface area (Å²) in [6, 6.07) is 0. The fourth-order valence-corrected chi connectivity index (χ4v) is 1.66. The molecule has 15 heavy (non-hydrogen) atoms. The first-order valence-electron chi connectivity index (χ1n) is 5.11. The topological polar surface area (TPSA) is 46.2 Å². The number of hydrogen-bond donors (Lipinski definition) is 2. The van der Waals surface area contributed by atoms with Gasteiger partial charge in [0, 0.05) is 12.1 Å². The quantitative estimate of drug-likeness (QED) is 0.448. The summed E-state index contributed by atoms with van der Waals surface area (Å²) in [4.78, 5) is 9.34. The minimum Gasteiger partial charge on any atom is -0.384 e. The van der Waals surface area contributed by atoms with Gasteiger partial charge in [-0.2, -0.15) is 0 Å². The Hall–Kier alpha value is -1.55. The zero-order valence-electron chi connectivity index (χ0n) is 8.62. The minimum atomic E-state index is 0.483. The van der Waals surface area contributed by atoms with Crippen molar-refractivity contribution in [3.8, 4) is 0 Å². The van der Waals surface area contributed by atoms with Crippen LogP contribution < -0.4 is 10.8 Å². The molecule has 1 aliphatic rings. The molecule has 80 valence electrons. The molecule has 0 bridgehead atoms. The van der Waals surface area contributed by atoms with Crippen LogP contribution in [0.1, 0.15) is 12.0 Å². The second kappa shape index (κ2) is 4.79. The summed E-state index contributed by atoms with van der Waals surface area (Å²) in [5.74, 6) is 0. The maximum atomic E-state index is 5.20. The van der Waals surface area contributed by atoms with Crippen LogP contribution in [0, 0.1) is 0 Å². The first-order chi connectivity index (χ1) is 7.42. The predicted molar refractivity (Wildman–Crippen MR) is 60.8 cm³/mol. The van der Waals surface area contributed by atoms with Crippen molar-refractivity contribution in [1.82, 2.24) is 4.98 Å². The minimum absolute atomic E-state index is 0.483. The number of aromatic nitrogens is 1. The maximum Gasteiger partial charge on any atom is 0.0925 e. The molecule has 0 amide bonds. The number of fused-ring (bicyclic) bond motifs is 1. The van der Waals surface area contributed by atoms with E-state index in [1.807, 2.05) is 6.20 Å². The van der Waals surface area contributed by atoms with Crippen LogP contribution in [-0.2, 0) is 11.3 Å². The third kappa shape index (κ3) is 2.27. The number of hydrogen-bond acceptors (Lipinski definition) is 4. The Labute approximate surface area is 89.3 Å². The van der Waals surface area contributed by atoms with E-state index in [0.717, 1.165) is 30.8 Å². The molecule has 0 saturated heterocycles. The zero-order valence-corrected chi connectivity index (χ0v) is 8.62. The molecule has 0 atom stereocenters. The van der Waals surface area contributed by atoms with Crippen LogP contribution in [0.2, 0.25) is 0 Å². The molecular weight excluding hydrogens is 190 g/mol. The lowest BCUT2D eigenvalue weighted by molar-refractivity contribution is 0.228. The van der Waals surface area contributed by atoms with E-state index in [1.54, 1.807) is 12.3 Å². The monoisotopic (exact) mass is 205 g/mol. The van der Waals surface area contributed by atoms with E-state index in [1.165, 1.54) is 5.56 Å². The normalized spacial score (nSPS) is 13.9. The number of nitrogens with zero attached hydrogens (tertiary/aromatic N) is 1. The fourth-order valence-electron chi connectivity index (χ4n) is 1.66. The highest BCUT2D eigenvalue weighted by atomic mass is 16.6. The summed E-state index contributed by atoms with van der Waals surface area (Å²) >= 11 is 0. The molecule has 1 aliphatic heterocycles. The molecule has 2 N–H and O–H groups in total. The zero-order chi connectivity index (χ0) is 10.5. The Morgan fingerprint density at radius 2 is 2.53 bits per heavy atom. The molecule has 4 heteroatoms. The van der Waals surface area contributed by atoms with Crippen LogP contribution in [0.3, 0.4) is 0 Å². The van der Waals surface area contributed by atoms with Gasteiger partial charge in [-0.1, -0.05) is 6.08 Å². The number of nitrogens with one attached hydrogen (secondary N) is 2. The van der Waals surface area contributed by atoms with E-state index in [4.69, 9.17) is 4.84 Å². The number of anilines is 2. The summed E-state index contributed by atoms with van der Waals surface area (Å²) in [5, 5.41) is 3.32. The average Bonchev–Trinajstić information content (AvgIpc) is 2.30. The van der Waals surface area contributed by atoms with Crippen LogP contribution in [0.25, 0.3) is 0 Å². The van der Waals surface area contributed by atoms with Crippen molar-refractivity contribution >= 4 is 11.4 Å². The molecule has 1 aromatic heterocycles. The summed E-state index contributed by atoms with van der Waals surface area (Å²) < 4.78 is 0. The summed E-state index contributed by atoms with van der Waals surface area (Å²) in [5.41, 5.74) is 6.20. The van der Waals surface area contributed by atoms with Gasteiger partial charge in [0.25, 0.3) is 0 Å². The van der Waals surface area contributed by atoms with E-state index >= 15 is 0 Å². The van der Waals surface area contributed by atoms with E-state index in [0.29, 0.717) is 6.61 Å². The second-order valence-electron chi connectivity index (χ2n) is 3.45. The molecule has 0 aromatic carbocycles. The molecular formula is C11H15N3O. The van der Waals surface area contributed by atoms with Gasteiger partial charge in [-0.15, -0.1) is 6.58 Å². The third-order valence-electron chi connectivity index (χ3n) is 2.36. The lowest BCUT2D eigenvalue weighted by atomic mass is 10.0. The van der Waals surface area contributed by atoms with Gasteiger partial charge in [0.05, 0.1) is 30.4 Å². The Balaban J connectivity index is 2.12. The molecule has 0 unspecified atom stereocenters. The lowest BCUT2D eigenvalue weighted by Gasteiger charge is -2.20. The highest BCUT2D eigenvalue weighted by Crippen LogP contribution is 2.27. The van der Waals surface area contributed by atoms with Crippen molar-refractivity contribution in [2.24, 2.45) is 0 Å². The van der Waals surface area contributed by atoms with E-state index < -0.39 is 0 Å². The van der Waals surface area contributed by atoms with Gasteiger partial charge in [-0.25, -0.2) is 0 Å². The molecule has 2 rings (SSSR count). The smallest absolute Gasteiger partial charge is 0.0925 e. The second-order valence-corrected chi connectivity index (χ2v) is 3.45. The molecule has 0 aliphatic carbocycles. The van der Waals surface area contributed by atoms with E-state index in [2.05, 4.69) is 22.4 Å². The molecule has 0 saturated carbocycles. The maximum absolute atomic E-state index is 5.20. The molecule has 0 fully saturated rings. The Morgan fingerprint density at radius 3 is 3.40 bits per heavy atom. The average molecular weight is 205 g/mol. The van der Waals surface area contributed by atoms with Crippen LogP contribution in [0.15, 0.2) is 25.0 Å². The van der Waals surface area contributed by atoms with Crippen LogP contribution in [0.4, 0.5) is 11.4 Å². The number of pyridine rings is 1. The highest BCUT2D eigenvalue weighted by Gasteiger charge is 2.12. The van der Waals surface area contributed by atoms with E-state index in [9.17, 15) is 0 Å². The molecule has 1 aromatic rings. The van der Waals surface area contributed by atoms with Crippen molar-refractivity contribution in [2.75, 3.05) is 23.9 Å². The van der Waals surface area contributed by atoms with Gasteiger partial charge in [0.2, 0.25) is 0 Å². The van der Waals surface area contributed by atoms with Crippen molar-refractivity contribution in [3.05, 3.63) is 30.6 Å². The van der Waals surface area contributed by atoms with Gasteiger partial charge < -0.3 is 5.32 Å². The molecule has 0 radical (unpaired) electrons. The third-order valence-corrected chi connectivity index (χ3v) is 2.36. The van der Waals surface area contributed by atoms with E-state index in [-0.39, 0.29) is 0 Å². The summed E-state index contributed by atoms with van der Waals surface area (Å²) in [7, 11) is 0. The van der Waals surface area contributed by atoms with Gasteiger partial charge >= 0.3 is 0 Å². The first kappa shape index (κ1) is 9.98. The van der Waals surface area contributed by atoms with Crippen LogP contribution in [-0.4, -0.2) is 18.1 Å². The largest absolute Gasteiger partial charge is 0.384 e. The first-order valence-corrected chi connectivity index (χ1v) is 5.11. The van der Waals surface area contributed by atoms with Crippen LogP contribution >= 0.6 is 0 Å². The van der Waals surface area contributed by atoms with Crippen LogP contribution in [0.5, 0.6) is 0 Å². The Bertz CT molecular complexity index is 352. The predicted octanol–water partition coefficient (Wildman–Crippen LogP) is 1.97. The molecule has 4 nitrogen and oxygen atoms in total. The summed E-state index contributed by atoms with van der Waals surface area (Å²) in [6.07, 6.45) is 7.55.